The summed E-state index contributed by atoms with van der Waals surface area (Å²) in [7, 11) is 0. The van der Waals surface area contributed by atoms with Gasteiger partial charge in [0.1, 0.15) is 5.70 Å². The van der Waals surface area contributed by atoms with Crippen molar-refractivity contribution >= 4 is 41.1 Å². The molecule has 2 rings (SSSR count). The van der Waals surface area contributed by atoms with Gasteiger partial charge in [-0.15, -0.1) is 0 Å². The Bertz CT molecular complexity index is 805. The van der Waals surface area contributed by atoms with Crippen molar-refractivity contribution in [3.63, 3.8) is 0 Å². The average Bonchev–Trinajstić information content (AvgIpc) is 2.62. The maximum absolute atomic E-state index is 12.6. The standard InChI is InChI=1S/C20H20Cl2N2O2/c1-2-3-11-23-20(26)18(12-14-7-5-4-6-8-14)24-19(25)16-10-9-15(21)13-17(16)22/h4-10,12-13H,2-3,11H2,1H3,(H,23,26)(H,24,25). The topological polar surface area (TPSA) is 58.2 Å². The quantitative estimate of drug-likeness (QED) is 0.532. The summed E-state index contributed by atoms with van der Waals surface area (Å²) >= 11 is 11.9. The molecule has 0 unspecified atom stereocenters. The van der Waals surface area contributed by atoms with Gasteiger partial charge in [0.25, 0.3) is 11.8 Å². The summed E-state index contributed by atoms with van der Waals surface area (Å²) in [4.78, 5) is 25.0. The molecule has 0 spiro atoms. The summed E-state index contributed by atoms with van der Waals surface area (Å²) in [5.74, 6) is -0.819. The van der Waals surface area contributed by atoms with Gasteiger partial charge in [0.05, 0.1) is 10.6 Å². The summed E-state index contributed by atoms with van der Waals surface area (Å²) in [6.45, 7) is 2.58. The molecule has 0 heterocycles. The molecule has 0 bridgehead atoms. The number of hydrogen-bond acceptors (Lipinski definition) is 2. The predicted octanol–water partition coefficient (Wildman–Crippen LogP) is 4.68. The smallest absolute Gasteiger partial charge is 0.267 e. The summed E-state index contributed by atoms with van der Waals surface area (Å²) in [5, 5.41) is 6.12. The lowest BCUT2D eigenvalue weighted by Gasteiger charge is -2.12. The van der Waals surface area contributed by atoms with Crippen LogP contribution in [0.3, 0.4) is 0 Å². The van der Waals surface area contributed by atoms with Crippen LogP contribution in [0.5, 0.6) is 0 Å². The van der Waals surface area contributed by atoms with Crippen molar-refractivity contribution in [2.45, 2.75) is 19.8 Å². The van der Waals surface area contributed by atoms with Gasteiger partial charge in [-0.2, -0.15) is 0 Å². The minimum Gasteiger partial charge on any atom is -0.351 e. The Labute approximate surface area is 163 Å². The zero-order chi connectivity index (χ0) is 18.9. The molecule has 0 aliphatic heterocycles. The van der Waals surface area contributed by atoms with Gasteiger partial charge in [0.2, 0.25) is 0 Å². The second-order valence-corrected chi connectivity index (χ2v) is 6.50. The van der Waals surface area contributed by atoms with E-state index in [2.05, 4.69) is 10.6 Å². The van der Waals surface area contributed by atoms with Gasteiger partial charge in [0, 0.05) is 11.6 Å². The summed E-state index contributed by atoms with van der Waals surface area (Å²) in [5.41, 5.74) is 1.20. The molecule has 0 radical (unpaired) electrons. The van der Waals surface area contributed by atoms with Crippen LogP contribution in [0.25, 0.3) is 6.08 Å². The van der Waals surface area contributed by atoms with Crippen LogP contribution in [0.4, 0.5) is 0 Å². The van der Waals surface area contributed by atoms with E-state index in [9.17, 15) is 9.59 Å². The number of halogens is 2. The zero-order valence-electron chi connectivity index (χ0n) is 14.4. The number of rotatable bonds is 7. The molecule has 0 saturated heterocycles. The molecule has 2 N–H and O–H groups in total. The Morgan fingerprint density at radius 2 is 1.81 bits per heavy atom. The maximum Gasteiger partial charge on any atom is 0.267 e. The first-order valence-corrected chi connectivity index (χ1v) is 9.08. The zero-order valence-corrected chi connectivity index (χ0v) is 15.9. The molecule has 6 heteroatoms. The van der Waals surface area contributed by atoms with Gasteiger partial charge in [-0.25, -0.2) is 0 Å². The predicted molar refractivity (Wildman–Crippen MR) is 106 cm³/mol. The first-order valence-electron chi connectivity index (χ1n) is 8.32. The molecular weight excluding hydrogens is 371 g/mol. The number of carbonyl (C=O) groups is 2. The Kier molecular flexibility index (Phi) is 7.70. The molecule has 2 aromatic carbocycles. The fourth-order valence-electron chi connectivity index (χ4n) is 2.21. The minimum absolute atomic E-state index is 0.156. The van der Waals surface area contributed by atoms with E-state index in [4.69, 9.17) is 23.2 Å². The van der Waals surface area contributed by atoms with Crippen molar-refractivity contribution in [3.8, 4) is 0 Å². The summed E-state index contributed by atoms with van der Waals surface area (Å²) in [6, 6.07) is 13.9. The lowest BCUT2D eigenvalue weighted by molar-refractivity contribution is -0.117. The minimum atomic E-state index is -0.473. The largest absolute Gasteiger partial charge is 0.351 e. The van der Waals surface area contributed by atoms with Gasteiger partial charge >= 0.3 is 0 Å². The Morgan fingerprint density at radius 3 is 2.46 bits per heavy atom. The molecule has 136 valence electrons. The Morgan fingerprint density at radius 1 is 1.08 bits per heavy atom. The van der Waals surface area contributed by atoms with Crippen molar-refractivity contribution in [1.29, 1.82) is 0 Å². The molecule has 4 nitrogen and oxygen atoms in total. The first-order chi connectivity index (χ1) is 12.5. The number of amides is 2. The highest BCUT2D eigenvalue weighted by molar-refractivity contribution is 6.36. The third-order valence-corrected chi connectivity index (χ3v) is 4.14. The van der Waals surface area contributed by atoms with E-state index in [1.807, 2.05) is 37.3 Å². The second kappa shape index (κ2) is 10.00. The molecule has 0 fully saturated rings. The van der Waals surface area contributed by atoms with E-state index in [0.29, 0.717) is 11.6 Å². The van der Waals surface area contributed by atoms with Crippen molar-refractivity contribution in [1.82, 2.24) is 10.6 Å². The normalized spacial score (nSPS) is 11.1. The van der Waals surface area contributed by atoms with E-state index >= 15 is 0 Å². The molecule has 0 saturated carbocycles. The van der Waals surface area contributed by atoms with Gasteiger partial charge < -0.3 is 10.6 Å². The van der Waals surface area contributed by atoms with Crippen LogP contribution in [-0.4, -0.2) is 18.4 Å². The van der Waals surface area contributed by atoms with Gasteiger partial charge in [-0.05, 0) is 36.3 Å². The number of benzene rings is 2. The molecule has 0 atom stereocenters. The first kappa shape index (κ1) is 20.0. The SMILES string of the molecule is CCCCNC(=O)C(=Cc1ccccc1)NC(=O)c1ccc(Cl)cc1Cl. The summed E-state index contributed by atoms with van der Waals surface area (Å²) < 4.78 is 0. The van der Waals surface area contributed by atoms with Crippen LogP contribution in [0, 0.1) is 0 Å². The fraction of sp³-hybridized carbons (Fsp3) is 0.200. The molecule has 2 amide bonds. The number of nitrogens with one attached hydrogen (secondary N) is 2. The second-order valence-electron chi connectivity index (χ2n) is 5.66. The van der Waals surface area contributed by atoms with E-state index in [0.717, 1.165) is 18.4 Å². The van der Waals surface area contributed by atoms with Crippen molar-refractivity contribution in [2.75, 3.05) is 6.54 Å². The van der Waals surface area contributed by atoms with E-state index in [1.54, 1.807) is 12.1 Å². The monoisotopic (exact) mass is 390 g/mol. The van der Waals surface area contributed by atoms with Crippen molar-refractivity contribution < 1.29 is 9.59 Å². The molecule has 0 aliphatic carbocycles. The number of unbranched alkanes of at least 4 members (excludes halogenated alkanes) is 1. The van der Waals surface area contributed by atoms with E-state index in [-0.39, 0.29) is 22.2 Å². The van der Waals surface area contributed by atoms with Gasteiger partial charge in [-0.1, -0.05) is 66.9 Å². The lowest BCUT2D eigenvalue weighted by atomic mass is 10.1. The van der Waals surface area contributed by atoms with E-state index < -0.39 is 5.91 Å². The summed E-state index contributed by atoms with van der Waals surface area (Å²) in [6.07, 6.45) is 3.45. The van der Waals surface area contributed by atoms with Gasteiger partial charge in [-0.3, -0.25) is 9.59 Å². The fourth-order valence-corrected chi connectivity index (χ4v) is 2.71. The number of hydrogen-bond donors (Lipinski definition) is 2. The third kappa shape index (κ3) is 5.90. The molecule has 0 aromatic heterocycles. The molecular formula is C20H20Cl2N2O2. The van der Waals surface area contributed by atoms with Crippen LogP contribution < -0.4 is 10.6 Å². The van der Waals surface area contributed by atoms with E-state index in [1.165, 1.54) is 12.1 Å². The highest BCUT2D eigenvalue weighted by atomic mass is 35.5. The van der Waals surface area contributed by atoms with Crippen LogP contribution in [0.15, 0.2) is 54.2 Å². The third-order valence-electron chi connectivity index (χ3n) is 3.60. The van der Waals surface area contributed by atoms with Crippen molar-refractivity contribution in [2.24, 2.45) is 0 Å². The molecule has 2 aromatic rings. The van der Waals surface area contributed by atoms with Crippen LogP contribution in [0.1, 0.15) is 35.7 Å². The van der Waals surface area contributed by atoms with Crippen LogP contribution in [0.2, 0.25) is 10.0 Å². The van der Waals surface area contributed by atoms with Crippen LogP contribution >= 0.6 is 23.2 Å². The average molecular weight is 391 g/mol. The Balaban J connectivity index is 2.24. The van der Waals surface area contributed by atoms with Crippen molar-refractivity contribution in [3.05, 3.63) is 75.4 Å². The maximum atomic E-state index is 12.6. The van der Waals surface area contributed by atoms with Crippen LogP contribution in [-0.2, 0) is 4.79 Å². The highest BCUT2D eigenvalue weighted by Gasteiger charge is 2.16. The molecule has 0 aliphatic rings. The highest BCUT2D eigenvalue weighted by Crippen LogP contribution is 2.21. The lowest BCUT2D eigenvalue weighted by Crippen LogP contribution is -2.35. The molecule has 26 heavy (non-hydrogen) atoms. The van der Waals surface area contributed by atoms with Gasteiger partial charge in [0.15, 0.2) is 0 Å². The Hall–Kier alpha value is -2.30. The number of carbonyl (C=O) groups excluding carboxylic acids is 2.